The Morgan fingerprint density at radius 2 is 1.27 bits per heavy atom. The molecule has 3 rings (SSSR count). The van der Waals surface area contributed by atoms with Crippen molar-refractivity contribution in [3.05, 3.63) is 54.1 Å². The normalized spacial score (nSPS) is 19.0. The van der Waals surface area contributed by atoms with Crippen LogP contribution in [0.5, 0.6) is 5.75 Å². The zero-order valence-electron chi connectivity index (χ0n) is 19.4. The molecule has 2 aromatic rings. The number of hydrogen-bond acceptors (Lipinski definition) is 1. The van der Waals surface area contributed by atoms with Gasteiger partial charge in [-0.05, 0) is 72.8 Å². The molecular weight excluding hydrogens is 364 g/mol. The Balaban J connectivity index is 1.46. The molecule has 164 valence electrons. The van der Waals surface area contributed by atoms with Gasteiger partial charge in [0.05, 0.1) is 6.61 Å². The van der Waals surface area contributed by atoms with Crippen molar-refractivity contribution in [3.63, 3.8) is 0 Å². The maximum atomic E-state index is 5.84. The van der Waals surface area contributed by atoms with E-state index in [-0.39, 0.29) is 0 Å². The molecule has 0 unspecified atom stereocenters. The Morgan fingerprint density at radius 1 is 0.667 bits per heavy atom. The summed E-state index contributed by atoms with van der Waals surface area (Å²) in [7, 11) is 0. The summed E-state index contributed by atoms with van der Waals surface area (Å²) in [5.74, 6) is 2.74. The first-order chi connectivity index (χ1) is 14.8. The van der Waals surface area contributed by atoms with Crippen LogP contribution in [0.15, 0.2) is 48.5 Å². The Morgan fingerprint density at radius 3 is 1.90 bits per heavy atom. The molecule has 1 saturated carbocycles. The van der Waals surface area contributed by atoms with E-state index in [0.29, 0.717) is 0 Å². The van der Waals surface area contributed by atoms with E-state index in [0.717, 1.165) is 30.6 Å². The summed E-state index contributed by atoms with van der Waals surface area (Å²) < 4.78 is 5.84. The second kappa shape index (κ2) is 12.8. The number of hydrogen-bond donors (Lipinski definition) is 0. The van der Waals surface area contributed by atoms with E-state index in [9.17, 15) is 0 Å². The Labute approximate surface area is 185 Å². The first-order valence-electron chi connectivity index (χ1n) is 12.6. The molecule has 0 saturated heterocycles. The minimum absolute atomic E-state index is 0.768. The monoisotopic (exact) mass is 406 g/mol. The molecule has 1 fully saturated rings. The van der Waals surface area contributed by atoms with Crippen molar-refractivity contribution in [2.45, 2.75) is 96.8 Å². The highest BCUT2D eigenvalue weighted by Gasteiger charge is 2.22. The van der Waals surface area contributed by atoms with Gasteiger partial charge in [0.15, 0.2) is 0 Å². The van der Waals surface area contributed by atoms with Crippen LogP contribution in [0, 0.1) is 5.92 Å². The summed E-state index contributed by atoms with van der Waals surface area (Å²) in [6, 6.07) is 18.0. The van der Waals surface area contributed by atoms with Gasteiger partial charge in [0.2, 0.25) is 0 Å². The SMILES string of the molecule is CCCCCCC1CCC(c2ccc(-c3ccc(OCCCCC)cc3)cc2)CC1. The number of ether oxygens (including phenoxy) is 1. The van der Waals surface area contributed by atoms with Crippen molar-refractivity contribution < 1.29 is 4.74 Å². The molecule has 0 N–H and O–H groups in total. The van der Waals surface area contributed by atoms with Crippen molar-refractivity contribution in [1.82, 2.24) is 0 Å². The van der Waals surface area contributed by atoms with Gasteiger partial charge in [-0.2, -0.15) is 0 Å². The summed E-state index contributed by atoms with van der Waals surface area (Å²) in [6.07, 6.45) is 16.3. The summed E-state index contributed by atoms with van der Waals surface area (Å²) in [5.41, 5.74) is 4.12. The van der Waals surface area contributed by atoms with Crippen LogP contribution < -0.4 is 4.74 Å². The third kappa shape index (κ3) is 7.18. The highest BCUT2D eigenvalue weighted by molar-refractivity contribution is 5.64. The maximum Gasteiger partial charge on any atom is 0.119 e. The molecule has 30 heavy (non-hydrogen) atoms. The second-order valence-corrected chi connectivity index (χ2v) is 9.27. The average Bonchev–Trinajstić information content (AvgIpc) is 2.81. The molecular formula is C29H42O. The highest BCUT2D eigenvalue weighted by atomic mass is 16.5. The number of benzene rings is 2. The van der Waals surface area contributed by atoms with E-state index in [1.54, 1.807) is 5.56 Å². The summed E-state index contributed by atoms with van der Waals surface area (Å²) in [5, 5.41) is 0. The lowest BCUT2D eigenvalue weighted by atomic mass is 9.77. The van der Waals surface area contributed by atoms with Crippen LogP contribution in [-0.4, -0.2) is 6.61 Å². The zero-order chi connectivity index (χ0) is 21.0. The van der Waals surface area contributed by atoms with Gasteiger partial charge >= 0.3 is 0 Å². The Hall–Kier alpha value is -1.76. The van der Waals surface area contributed by atoms with E-state index in [1.807, 2.05) is 0 Å². The molecule has 2 aromatic carbocycles. The third-order valence-electron chi connectivity index (χ3n) is 6.90. The molecule has 0 aliphatic heterocycles. The fraction of sp³-hybridized carbons (Fsp3) is 0.586. The lowest BCUT2D eigenvalue weighted by molar-refractivity contribution is 0.302. The number of rotatable bonds is 12. The van der Waals surface area contributed by atoms with Crippen LogP contribution in [-0.2, 0) is 0 Å². The summed E-state index contributed by atoms with van der Waals surface area (Å²) in [4.78, 5) is 0. The van der Waals surface area contributed by atoms with Crippen molar-refractivity contribution >= 4 is 0 Å². The molecule has 0 atom stereocenters. The lowest BCUT2D eigenvalue weighted by Crippen LogP contribution is -2.13. The van der Waals surface area contributed by atoms with Crippen LogP contribution in [0.3, 0.4) is 0 Å². The summed E-state index contributed by atoms with van der Waals surface area (Å²) in [6.45, 7) is 5.35. The van der Waals surface area contributed by atoms with Crippen LogP contribution >= 0.6 is 0 Å². The Kier molecular flexibility index (Phi) is 9.80. The van der Waals surface area contributed by atoms with Gasteiger partial charge in [-0.25, -0.2) is 0 Å². The fourth-order valence-corrected chi connectivity index (χ4v) is 4.88. The fourth-order valence-electron chi connectivity index (χ4n) is 4.88. The zero-order valence-corrected chi connectivity index (χ0v) is 19.4. The van der Waals surface area contributed by atoms with Gasteiger partial charge in [0.25, 0.3) is 0 Å². The second-order valence-electron chi connectivity index (χ2n) is 9.27. The predicted molar refractivity (Wildman–Crippen MR) is 130 cm³/mol. The van der Waals surface area contributed by atoms with E-state index >= 15 is 0 Å². The minimum Gasteiger partial charge on any atom is -0.494 e. The topological polar surface area (TPSA) is 9.23 Å². The first kappa shape index (κ1) is 22.9. The van der Waals surface area contributed by atoms with Gasteiger partial charge in [0, 0.05) is 0 Å². The quantitative estimate of drug-likeness (QED) is 0.319. The highest BCUT2D eigenvalue weighted by Crippen LogP contribution is 2.38. The van der Waals surface area contributed by atoms with Gasteiger partial charge in [0.1, 0.15) is 5.75 Å². The van der Waals surface area contributed by atoms with Gasteiger partial charge in [-0.15, -0.1) is 0 Å². The van der Waals surface area contributed by atoms with Crippen LogP contribution in [0.4, 0.5) is 0 Å². The smallest absolute Gasteiger partial charge is 0.119 e. The van der Waals surface area contributed by atoms with E-state index < -0.39 is 0 Å². The van der Waals surface area contributed by atoms with Crippen molar-refractivity contribution in [3.8, 4) is 16.9 Å². The minimum atomic E-state index is 0.768. The molecule has 0 aromatic heterocycles. The van der Waals surface area contributed by atoms with E-state index in [1.165, 1.54) is 81.8 Å². The predicted octanol–water partition coefficient (Wildman–Crippen LogP) is 9.17. The largest absolute Gasteiger partial charge is 0.494 e. The van der Waals surface area contributed by atoms with Gasteiger partial charge in [-0.1, -0.05) is 95.2 Å². The van der Waals surface area contributed by atoms with E-state index in [4.69, 9.17) is 4.74 Å². The molecule has 0 radical (unpaired) electrons. The lowest BCUT2D eigenvalue weighted by Gasteiger charge is -2.29. The molecule has 0 heterocycles. The van der Waals surface area contributed by atoms with Gasteiger partial charge < -0.3 is 4.74 Å². The molecule has 0 bridgehead atoms. The van der Waals surface area contributed by atoms with Crippen molar-refractivity contribution in [2.24, 2.45) is 5.92 Å². The molecule has 1 aliphatic rings. The van der Waals surface area contributed by atoms with E-state index in [2.05, 4.69) is 62.4 Å². The molecule has 1 heteroatoms. The molecule has 0 spiro atoms. The van der Waals surface area contributed by atoms with Crippen molar-refractivity contribution in [2.75, 3.05) is 6.61 Å². The average molecular weight is 407 g/mol. The van der Waals surface area contributed by atoms with Gasteiger partial charge in [-0.3, -0.25) is 0 Å². The standard InChI is InChI=1S/C29H42O/c1-3-5-7-8-10-24-11-13-25(14-12-24)26-15-17-27(18-16-26)28-19-21-29(22-20-28)30-23-9-6-4-2/h15-22,24-25H,3-14,23H2,1-2H3. The number of unbranched alkanes of at least 4 members (excludes halogenated alkanes) is 5. The van der Waals surface area contributed by atoms with Crippen LogP contribution in [0.25, 0.3) is 11.1 Å². The molecule has 0 amide bonds. The molecule has 1 aliphatic carbocycles. The van der Waals surface area contributed by atoms with Crippen LogP contribution in [0.1, 0.15) is 102 Å². The first-order valence-corrected chi connectivity index (χ1v) is 12.6. The van der Waals surface area contributed by atoms with Crippen molar-refractivity contribution in [1.29, 1.82) is 0 Å². The van der Waals surface area contributed by atoms with Crippen LogP contribution in [0.2, 0.25) is 0 Å². The third-order valence-corrected chi connectivity index (χ3v) is 6.90. The molecule has 1 nitrogen and oxygen atoms in total. The summed E-state index contributed by atoms with van der Waals surface area (Å²) >= 11 is 0. The maximum absolute atomic E-state index is 5.84. The Bertz CT molecular complexity index is 692.